The van der Waals surface area contributed by atoms with Crippen LogP contribution in [0.5, 0.6) is 11.5 Å². The lowest BCUT2D eigenvalue weighted by Crippen LogP contribution is -2.16. The van der Waals surface area contributed by atoms with Gasteiger partial charge in [0, 0.05) is 17.1 Å². The summed E-state index contributed by atoms with van der Waals surface area (Å²) in [6, 6.07) is 12.1. The van der Waals surface area contributed by atoms with Gasteiger partial charge in [-0.1, -0.05) is 23.7 Å². The van der Waals surface area contributed by atoms with Gasteiger partial charge in [-0.15, -0.1) is 11.8 Å². The van der Waals surface area contributed by atoms with E-state index in [1.165, 1.54) is 4.90 Å². The molecule has 2 aromatic rings. The van der Waals surface area contributed by atoms with Crippen LogP contribution in [0.2, 0.25) is 5.02 Å². The van der Waals surface area contributed by atoms with Gasteiger partial charge >= 0.3 is 0 Å². The molecule has 0 unspecified atom stereocenters. The number of ether oxygens (including phenoxy) is 2. The molecule has 0 bridgehead atoms. The predicted octanol–water partition coefficient (Wildman–Crippen LogP) is 4.45. The predicted molar refractivity (Wildman–Crippen MR) is 88.0 cm³/mol. The zero-order valence-corrected chi connectivity index (χ0v) is 13.3. The Morgan fingerprint density at radius 1 is 1.19 bits per heavy atom. The smallest absolute Gasteiger partial charge is 0.179 e. The average molecular weight is 322 g/mol. The summed E-state index contributed by atoms with van der Waals surface area (Å²) in [6.45, 7) is 1.80. The summed E-state index contributed by atoms with van der Waals surface area (Å²) in [6.07, 6.45) is 2.07. The van der Waals surface area contributed by atoms with Crippen molar-refractivity contribution >= 4 is 29.1 Å². The van der Waals surface area contributed by atoms with Gasteiger partial charge < -0.3 is 14.8 Å². The molecule has 110 valence electrons. The van der Waals surface area contributed by atoms with Gasteiger partial charge in [0.1, 0.15) is 13.2 Å². The molecule has 0 saturated carbocycles. The second kappa shape index (κ2) is 6.50. The lowest BCUT2D eigenvalue weighted by atomic mass is 10.2. The lowest BCUT2D eigenvalue weighted by molar-refractivity contribution is 0.171. The Morgan fingerprint density at radius 3 is 2.86 bits per heavy atom. The lowest BCUT2D eigenvalue weighted by Gasteiger charge is -2.20. The standard InChI is InChI=1S/C16H16ClNO2S/c1-21-15-5-3-2-4-13(15)18-10-11-8-12(17)16-14(9-11)19-6-7-20-16/h2-5,8-9,18H,6-7,10H2,1H3. The van der Waals surface area contributed by atoms with Crippen molar-refractivity contribution in [3.8, 4) is 11.5 Å². The summed E-state index contributed by atoms with van der Waals surface area (Å²) >= 11 is 7.97. The topological polar surface area (TPSA) is 30.5 Å². The van der Waals surface area contributed by atoms with E-state index in [0.29, 0.717) is 30.5 Å². The van der Waals surface area contributed by atoms with Crippen molar-refractivity contribution in [2.24, 2.45) is 0 Å². The van der Waals surface area contributed by atoms with E-state index in [1.54, 1.807) is 11.8 Å². The fourth-order valence-corrected chi connectivity index (χ4v) is 3.12. The van der Waals surface area contributed by atoms with Crippen molar-refractivity contribution in [1.82, 2.24) is 0 Å². The van der Waals surface area contributed by atoms with Crippen LogP contribution >= 0.6 is 23.4 Å². The number of para-hydroxylation sites is 1. The summed E-state index contributed by atoms with van der Waals surface area (Å²) in [5.41, 5.74) is 2.19. The highest BCUT2D eigenvalue weighted by Crippen LogP contribution is 2.38. The highest BCUT2D eigenvalue weighted by molar-refractivity contribution is 7.98. The van der Waals surface area contributed by atoms with Crippen molar-refractivity contribution in [3.63, 3.8) is 0 Å². The minimum atomic E-state index is 0.547. The van der Waals surface area contributed by atoms with Gasteiger partial charge in [0.2, 0.25) is 0 Å². The summed E-state index contributed by atoms with van der Waals surface area (Å²) in [5, 5.41) is 4.04. The number of fused-ring (bicyclic) bond motifs is 1. The molecule has 3 nitrogen and oxygen atoms in total. The zero-order chi connectivity index (χ0) is 14.7. The van der Waals surface area contributed by atoms with Gasteiger partial charge in [-0.3, -0.25) is 0 Å². The number of nitrogens with one attached hydrogen (secondary N) is 1. The van der Waals surface area contributed by atoms with Crippen molar-refractivity contribution < 1.29 is 9.47 Å². The van der Waals surface area contributed by atoms with Crippen LogP contribution in [0.25, 0.3) is 0 Å². The van der Waals surface area contributed by atoms with E-state index in [9.17, 15) is 0 Å². The van der Waals surface area contributed by atoms with E-state index in [0.717, 1.165) is 17.0 Å². The number of anilines is 1. The molecule has 0 fully saturated rings. The van der Waals surface area contributed by atoms with Crippen molar-refractivity contribution in [1.29, 1.82) is 0 Å². The third-order valence-electron chi connectivity index (χ3n) is 3.25. The number of hydrogen-bond acceptors (Lipinski definition) is 4. The first-order chi connectivity index (χ1) is 10.3. The molecule has 0 atom stereocenters. The minimum absolute atomic E-state index is 0.547. The Balaban J connectivity index is 1.78. The summed E-state index contributed by atoms with van der Waals surface area (Å²) in [4.78, 5) is 1.22. The number of halogens is 1. The van der Waals surface area contributed by atoms with Crippen LogP contribution < -0.4 is 14.8 Å². The molecule has 0 saturated heterocycles. The molecular formula is C16H16ClNO2S. The van der Waals surface area contributed by atoms with E-state index < -0.39 is 0 Å². The van der Waals surface area contributed by atoms with Crippen LogP contribution in [0, 0.1) is 0 Å². The molecule has 0 aromatic heterocycles. The quantitative estimate of drug-likeness (QED) is 0.843. The van der Waals surface area contributed by atoms with Gasteiger partial charge in [0.15, 0.2) is 11.5 Å². The Morgan fingerprint density at radius 2 is 2.00 bits per heavy atom. The van der Waals surface area contributed by atoms with Crippen LogP contribution in [0.3, 0.4) is 0 Å². The summed E-state index contributed by atoms with van der Waals surface area (Å²) in [7, 11) is 0. The number of thioether (sulfide) groups is 1. The Labute approximate surface area is 133 Å². The maximum atomic E-state index is 6.25. The van der Waals surface area contributed by atoms with Gasteiger partial charge in [-0.25, -0.2) is 0 Å². The minimum Gasteiger partial charge on any atom is -0.486 e. The van der Waals surface area contributed by atoms with Gasteiger partial charge in [0.25, 0.3) is 0 Å². The first kappa shape index (κ1) is 14.4. The van der Waals surface area contributed by atoms with E-state index in [2.05, 4.69) is 23.7 Å². The van der Waals surface area contributed by atoms with Gasteiger partial charge in [0.05, 0.1) is 5.02 Å². The largest absolute Gasteiger partial charge is 0.486 e. The highest BCUT2D eigenvalue weighted by atomic mass is 35.5. The van der Waals surface area contributed by atoms with E-state index >= 15 is 0 Å². The molecule has 1 aliphatic heterocycles. The molecule has 2 aromatic carbocycles. The summed E-state index contributed by atoms with van der Waals surface area (Å²) in [5.74, 6) is 1.37. The van der Waals surface area contributed by atoms with Crippen LogP contribution in [0.1, 0.15) is 5.56 Å². The SMILES string of the molecule is CSc1ccccc1NCc1cc(Cl)c2c(c1)OCCO2. The maximum Gasteiger partial charge on any atom is 0.179 e. The molecule has 1 aliphatic rings. The van der Waals surface area contributed by atoms with Gasteiger partial charge in [-0.05, 0) is 36.1 Å². The molecule has 0 radical (unpaired) electrons. The molecule has 3 rings (SSSR count). The van der Waals surface area contributed by atoms with E-state index in [-0.39, 0.29) is 0 Å². The average Bonchev–Trinajstić information content (AvgIpc) is 2.53. The first-order valence-corrected chi connectivity index (χ1v) is 8.33. The van der Waals surface area contributed by atoms with Crippen LogP contribution in [0.15, 0.2) is 41.3 Å². The molecule has 0 aliphatic carbocycles. The summed E-state index contributed by atoms with van der Waals surface area (Å²) < 4.78 is 11.1. The van der Waals surface area contributed by atoms with Crippen molar-refractivity contribution in [3.05, 3.63) is 47.0 Å². The Hall–Kier alpha value is -1.52. The molecular weight excluding hydrogens is 306 g/mol. The van der Waals surface area contributed by atoms with E-state index in [1.807, 2.05) is 24.3 Å². The Kier molecular flexibility index (Phi) is 4.46. The fourth-order valence-electron chi connectivity index (χ4n) is 2.25. The normalized spacial score (nSPS) is 13.0. The molecule has 1 N–H and O–H groups in total. The number of hydrogen-bond donors (Lipinski definition) is 1. The van der Waals surface area contributed by atoms with Crippen LogP contribution in [-0.2, 0) is 6.54 Å². The Bertz CT molecular complexity index is 648. The molecule has 0 amide bonds. The zero-order valence-electron chi connectivity index (χ0n) is 11.7. The fraction of sp³-hybridized carbons (Fsp3) is 0.250. The third kappa shape index (κ3) is 3.22. The number of rotatable bonds is 4. The number of benzene rings is 2. The van der Waals surface area contributed by atoms with Crippen molar-refractivity contribution in [2.45, 2.75) is 11.4 Å². The monoisotopic (exact) mass is 321 g/mol. The molecule has 1 heterocycles. The molecule has 21 heavy (non-hydrogen) atoms. The second-order valence-corrected chi connectivity index (χ2v) is 5.91. The van der Waals surface area contributed by atoms with Gasteiger partial charge in [-0.2, -0.15) is 0 Å². The highest BCUT2D eigenvalue weighted by Gasteiger charge is 2.16. The van der Waals surface area contributed by atoms with E-state index in [4.69, 9.17) is 21.1 Å². The van der Waals surface area contributed by atoms with Crippen LogP contribution in [-0.4, -0.2) is 19.5 Å². The molecule has 0 spiro atoms. The van der Waals surface area contributed by atoms with Crippen LogP contribution in [0.4, 0.5) is 5.69 Å². The first-order valence-electron chi connectivity index (χ1n) is 6.73. The maximum absolute atomic E-state index is 6.25. The third-order valence-corrected chi connectivity index (χ3v) is 4.32. The second-order valence-electron chi connectivity index (χ2n) is 4.66. The molecule has 5 heteroatoms. The van der Waals surface area contributed by atoms with Crippen molar-refractivity contribution in [2.75, 3.05) is 24.8 Å².